The van der Waals surface area contributed by atoms with Gasteiger partial charge in [-0.25, -0.2) is 0 Å². The lowest BCUT2D eigenvalue weighted by Gasteiger charge is -2.16. The van der Waals surface area contributed by atoms with Crippen molar-refractivity contribution in [2.75, 3.05) is 5.32 Å². The smallest absolute Gasteiger partial charge is 0.307 e. The summed E-state index contributed by atoms with van der Waals surface area (Å²) in [6, 6.07) is 5.80. The molecule has 0 spiro atoms. The molecule has 4 nitrogen and oxygen atoms in total. The topological polar surface area (TPSA) is 66.4 Å². The van der Waals surface area contributed by atoms with E-state index >= 15 is 0 Å². The van der Waals surface area contributed by atoms with Crippen LogP contribution >= 0.6 is 22.6 Å². The van der Waals surface area contributed by atoms with Crippen LogP contribution in [0.4, 0.5) is 5.69 Å². The fraction of sp³-hybridized carbons (Fsp3) is 0.500. The monoisotopic (exact) mass is 401 g/mol. The van der Waals surface area contributed by atoms with Crippen LogP contribution in [0.15, 0.2) is 18.2 Å². The maximum absolute atomic E-state index is 12.5. The van der Waals surface area contributed by atoms with E-state index in [2.05, 4.69) is 27.9 Å². The largest absolute Gasteiger partial charge is 0.481 e. The molecule has 2 rings (SSSR count). The minimum absolute atomic E-state index is 0.164. The number of hydrogen-bond donors (Lipinski definition) is 2. The quantitative estimate of drug-likeness (QED) is 0.757. The Morgan fingerprint density at radius 3 is 2.57 bits per heavy atom. The zero-order valence-corrected chi connectivity index (χ0v) is 14.4. The normalized spacial score (nSPS) is 24.8. The number of halogens is 1. The lowest BCUT2D eigenvalue weighted by atomic mass is 9.95. The zero-order chi connectivity index (χ0) is 15.6. The van der Waals surface area contributed by atoms with Gasteiger partial charge in [-0.2, -0.15) is 0 Å². The van der Waals surface area contributed by atoms with Crippen LogP contribution in [-0.4, -0.2) is 17.0 Å². The van der Waals surface area contributed by atoms with E-state index < -0.39 is 17.8 Å². The van der Waals surface area contributed by atoms with Crippen LogP contribution < -0.4 is 5.32 Å². The van der Waals surface area contributed by atoms with E-state index in [1.165, 1.54) is 0 Å². The molecule has 0 heterocycles. The summed E-state index contributed by atoms with van der Waals surface area (Å²) in [5.41, 5.74) is 1.76. The molecule has 0 saturated heterocycles. The molecule has 3 atom stereocenters. The molecule has 3 unspecified atom stereocenters. The Morgan fingerprint density at radius 1 is 1.33 bits per heavy atom. The molecule has 21 heavy (non-hydrogen) atoms. The molecule has 1 aliphatic carbocycles. The van der Waals surface area contributed by atoms with Crippen molar-refractivity contribution >= 4 is 40.2 Å². The average molecular weight is 401 g/mol. The third-order valence-corrected chi connectivity index (χ3v) is 5.01. The summed E-state index contributed by atoms with van der Waals surface area (Å²) in [6.45, 7) is 3.99. The van der Waals surface area contributed by atoms with Crippen molar-refractivity contribution in [3.05, 3.63) is 27.3 Å². The summed E-state index contributed by atoms with van der Waals surface area (Å²) < 4.78 is 1.11. The van der Waals surface area contributed by atoms with Gasteiger partial charge in [-0.15, -0.1) is 0 Å². The van der Waals surface area contributed by atoms with Crippen LogP contribution in [0.25, 0.3) is 0 Å². The highest BCUT2D eigenvalue weighted by Gasteiger charge is 2.42. The van der Waals surface area contributed by atoms with E-state index in [4.69, 9.17) is 0 Å². The van der Waals surface area contributed by atoms with Gasteiger partial charge in [-0.1, -0.05) is 13.3 Å². The number of hydrogen-bond acceptors (Lipinski definition) is 2. The van der Waals surface area contributed by atoms with E-state index in [0.29, 0.717) is 18.8 Å². The second-order valence-corrected chi connectivity index (χ2v) is 6.99. The third-order valence-electron chi connectivity index (χ3n) is 4.34. The van der Waals surface area contributed by atoms with E-state index in [1.54, 1.807) is 0 Å². The van der Waals surface area contributed by atoms with Gasteiger partial charge >= 0.3 is 5.97 Å². The first kappa shape index (κ1) is 16.3. The predicted molar refractivity (Wildman–Crippen MR) is 90.2 cm³/mol. The van der Waals surface area contributed by atoms with E-state index in [1.807, 2.05) is 32.0 Å². The van der Waals surface area contributed by atoms with Crippen molar-refractivity contribution in [3.63, 3.8) is 0 Å². The number of carboxylic acids is 1. The Balaban J connectivity index is 2.13. The fourth-order valence-electron chi connectivity index (χ4n) is 3.03. The Kier molecular flexibility index (Phi) is 5.24. The Bertz CT molecular complexity index is 558. The lowest BCUT2D eigenvalue weighted by molar-refractivity contribution is -0.145. The molecule has 0 radical (unpaired) electrons. The number of nitrogens with one attached hydrogen (secondary N) is 1. The van der Waals surface area contributed by atoms with Gasteiger partial charge in [0, 0.05) is 9.26 Å². The van der Waals surface area contributed by atoms with Crippen LogP contribution in [0.5, 0.6) is 0 Å². The van der Waals surface area contributed by atoms with Gasteiger partial charge < -0.3 is 10.4 Å². The number of amides is 1. The maximum atomic E-state index is 12.5. The Morgan fingerprint density at radius 2 is 2.00 bits per heavy atom. The first-order valence-corrected chi connectivity index (χ1v) is 8.30. The molecule has 0 aliphatic heterocycles. The van der Waals surface area contributed by atoms with Gasteiger partial charge in [0.1, 0.15) is 0 Å². The third kappa shape index (κ3) is 3.75. The maximum Gasteiger partial charge on any atom is 0.307 e. The second kappa shape index (κ2) is 6.77. The molecule has 1 amide bonds. The fourth-order valence-corrected chi connectivity index (χ4v) is 3.68. The molecule has 2 N–H and O–H groups in total. The van der Waals surface area contributed by atoms with Gasteiger partial charge in [-0.3, -0.25) is 9.59 Å². The number of carbonyl (C=O) groups is 2. The van der Waals surface area contributed by atoms with Gasteiger partial charge in [0.05, 0.1) is 11.8 Å². The van der Waals surface area contributed by atoms with E-state index in [-0.39, 0.29) is 5.91 Å². The van der Waals surface area contributed by atoms with Gasteiger partial charge in [0.2, 0.25) is 5.91 Å². The highest BCUT2D eigenvalue weighted by atomic mass is 127. The molecular weight excluding hydrogens is 381 g/mol. The molecule has 0 aromatic heterocycles. The van der Waals surface area contributed by atoms with Gasteiger partial charge in [0.25, 0.3) is 0 Å². The predicted octanol–water partition coefficient (Wildman–Crippen LogP) is 3.68. The van der Waals surface area contributed by atoms with Crippen molar-refractivity contribution < 1.29 is 14.7 Å². The zero-order valence-electron chi connectivity index (χ0n) is 12.2. The number of rotatable bonds is 4. The number of aryl methyl sites for hydroxylation is 1. The van der Waals surface area contributed by atoms with Crippen LogP contribution in [0.1, 0.15) is 31.7 Å². The summed E-state index contributed by atoms with van der Waals surface area (Å²) in [4.78, 5) is 23.8. The van der Waals surface area contributed by atoms with Crippen molar-refractivity contribution in [2.24, 2.45) is 17.8 Å². The standard InChI is InChI=1S/C16H20INO3/c1-3-10-7-12(13(8-10)16(20)21)15(19)18-14-5-4-11(17)6-9(14)2/h4-6,10,12-13H,3,7-8H2,1-2H3,(H,18,19)(H,20,21). The highest BCUT2D eigenvalue weighted by Crippen LogP contribution is 2.39. The number of aliphatic carboxylic acids is 1. The average Bonchev–Trinajstić information content (AvgIpc) is 2.86. The molecular formula is C16H20INO3. The molecule has 1 saturated carbocycles. The lowest BCUT2D eigenvalue weighted by Crippen LogP contribution is -2.30. The Hall–Kier alpha value is -1.11. The van der Waals surface area contributed by atoms with Crippen molar-refractivity contribution in [2.45, 2.75) is 33.1 Å². The summed E-state index contributed by atoms with van der Waals surface area (Å²) in [7, 11) is 0. The second-order valence-electron chi connectivity index (χ2n) is 5.75. The summed E-state index contributed by atoms with van der Waals surface area (Å²) in [6.07, 6.45) is 2.20. The van der Waals surface area contributed by atoms with Crippen molar-refractivity contribution in [1.82, 2.24) is 0 Å². The van der Waals surface area contributed by atoms with E-state index in [0.717, 1.165) is 21.2 Å². The minimum atomic E-state index is -0.856. The molecule has 1 aliphatic rings. The molecule has 114 valence electrons. The molecule has 1 fully saturated rings. The minimum Gasteiger partial charge on any atom is -0.481 e. The van der Waals surface area contributed by atoms with Crippen LogP contribution in [0, 0.1) is 28.2 Å². The first-order chi connectivity index (χ1) is 9.92. The number of carboxylic acid groups (broad SMARTS) is 1. The van der Waals surface area contributed by atoms with Gasteiger partial charge in [-0.05, 0) is 72.0 Å². The molecule has 1 aromatic rings. The number of benzene rings is 1. The van der Waals surface area contributed by atoms with Crippen LogP contribution in [0.3, 0.4) is 0 Å². The SMILES string of the molecule is CCC1CC(C(=O)O)C(C(=O)Nc2ccc(I)cc2C)C1. The first-order valence-electron chi connectivity index (χ1n) is 7.22. The highest BCUT2D eigenvalue weighted by molar-refractivity contribution is 14.1. The van der Waals surface area contributed by atoms with Crippen molar-refractivity contribution in [1.29, 1.82) is 0 Å². The number of carbonyl (C=O) groups excluding carboxylic acids is 1. The van der Waals surface area contributed by atoms with Crippen LogP contribution in [0.2, 0.25) is 0 Å². The molecule has 5 heteroatoms. The number of anilines is 1. The summed E-state index contributed by atoms with van der Waals surface area (Å²) in [5, 5.41) is 12.2. The van der Waals surface area contributed by atoms with Gasteiger partial charge in [0.15, 0.2) is 0 Å². The van der Waals surface area contributed by atoms with Crippen molar-refractivity contribution in [3.8, 4) is 0 Å². The Labute approximate surface area is 138 Å². The molecule has 1 aromatic carbocycles. The molecule has 0 bridgehead atoms. The van der Waals surface area contributed by atoms with Crippen LogP contribution in [-0.2, 0) is 9.59 Å². The summed E-state index contributed by atoms with van der Waals surface area (Å²) in [5.74, 6) is -1.67. The van der Waals surface area contributed by atoms with E-state index in [9.17, 15) is 14.7 Å². The summed E-state index contributed by atoms with van der Waals surface area (Å²) >= 11 is 2.22.